The predicted octanol–water partition coefficient (Wildman–Crippen LogP) is 3.62. The first-order valence-electron chi connectivity index (χ1n) is 11.6. The number of rotatable bonds is 3. The summed E-state index contributed by atoms with van der Waals surface area (Å²) in [5.41, 5.74) is 2.35. The van der Waals surface area contributed by atoms with Gasteiger partial charge in [-0.25, -0.2) is 4.68 Å². The second kappa shape index (κ2) is 7.19. The Morgan fingerprint density at radius 3 is 1.73 bits per heavy atom. The summed E-state index contributed by atoms with van der Waals surface area (Å²) in [6.07, 6.45) is 2.04. The number of benzene rings is 2. The van der Waals surface area contributed by atoms with Crippen LogP contribution in [0, 0.1) is 0 Å². The largest absolute Gasteiger partial charge is 0.495 e. The molecule has 2 fully saturated rings. The molecule has 0 spiro atoms. The highest BCUT2D eigenvalue weighted by atomic mass is 16.7. The van der Waals surface area contributed by atoms with E-state index in [1.54, 1.807) is 0 Å². The topological polar surface area (TPSA) is 54.7 Å². The van der Waals surface area contributed by atoms with E-state index in [-0.39, 0.29) is 29.5 Å². The smallest absolute Gasteiger partial charge is 0.399 e. The van der Waals surface area contributed by atoms with Gasteiger partial charge in [0.05, 0.1) is 33.6 Å². The average Bonchev–Trinajstić information content (AvgIpc) is 3.31. The first kappa shape index (κ1) is 22.7. The van der Waals surface area contributed by atoms with Gasteiger partial charge in [0.15, 0.2) is 0 Å². The summed E-state index contributed by atoms with van der Waals surface area (Å²) in [5, 5.41) is 5.82. The van der Waals surface area contributed by atoms with Crippen LogP contribution in [-0.4, -0.2) is 46.4 Å². The van der Waals surface area contributed by atoms with Crippen molar-refractivity contribution in [1.29, 1.82) is 0 Å². The monoisotopic (exact) mass is 446 g/mol. The third kappa shape index (κ3) is 3.64. The van der Waals surface area contributed by atoms with E-state index in [0.717, 1.165) is 27.5 Å². The van der Waals surface area contributed by atoms with Crippen molar-refractivity contribution in [2.45, 2.75) is 77.8 Å². The average molecular weight is 446 g/mol. The second-order valence-corrected chi connectivity index (χ2v) is 11.1. The Morgan fingerprint density at radius 1 is 0.667 bits per heavy atom. The molecule has 0 unspecified atom stereocenters. The van der Waals surface area contributed by atoms with Crippen molar-refractivity contribution in [3.05, 3.63) is 48.7 Å². The molecule has 0 saturated carbocycles. The van der Waals surface area contributed by atoms with Gasteiger partial charge in [-0.05, 0) is 84.5 Å². The molecule has 172 valence electrons. The van der Waals surface area contributed by atoms with Gasteiger partial charge in [0.25, 0.3) is 0 Å². The Kier molecular flexibility index (Phi) is 4.94. The molecule has 0 bridgehead atoms. The third-order valence-electron chi connectivity index (χ3n) is 7.77. The Labute approximate surface area is 196 Å². The Bertz CT molecular complexity index is 1170. The van der Waals surface area contributed by atoms with Crippen molar-refractivity contribution in [3.63, 3.8) is 0 Å². The van der Waals surface area contributed by atoms with Crippen LogP contribution < -0.4 is 10.9 Å². The zero-order valence-corrected chi connectivity index (χ0v) is 20.8. The maximum Gasteiger partial charge on any atom is 0.495 e. The van der Waals surface area contributed by atoms with Crippen molar-refractivity contribution < 1.29 is 18.6 Å². The Balaban J connectivity index is 1.43. The molecule has 6 nitrogen and oxygen atoms in total. The van der Waals surface area contributed by atoms with E-state index in [0.29, 0.717) is 0 Å². The number of hydrogen-bond donors (Lipinski definition) is 0. The zero-order chi connectivity index (χ0) is 23.8. The highest BCUT2D eigenvalue weighted by Gasteiger charge is 2.53. The molecule has 2 aliphatic heterocycles. The van der Waals surface area contributed by atoms with Crippen LogP contribution in [0.2, 0.25) is 0 Å². The van der Waals surface area contributed by atoms with E-state index in [2.05, 4.69) is 61.5 Å². The fourth-order valence-electron chi connectivity index (χ4n) is 4.14. The molecular formula is C25H32B2N2O4. The van der Waals surface area contributed by atoms with Gasteiger partial charge in [0.2, 0.25) is 0 Å². The molecule has 0 atom stereocenters. The van der Waals surface area contributed by atoms with E-state index in [9.17, 15) is 0 Å². The fourth-order valence-corrected chi connectivity index (χ4v) is 4.14. The molecule has 0 radical (unpaired) electrons. The summed E-state index contributed by atoms with van der Waals surface area (Å²) in [4.78, 5) is 0. The van der Waals surface area contributed by atoms with Crippen molar-refractivity contribution in [1.82, 2.24) is 9.78 Å². The van der Waals surface area contributed by atoms with E-state index in [4.69, 9.17) is 23.7 Å². The number of fused-ring (bicyclic) bond motifs is 1. The standard InChI is InChI=1S/C25H32B2N2O4/c1-22(2)23(3,4)31-26(30-22)17-12-14-18(15-13-17)29-16-19-20(10-9-11-21(19)28-29)27-32-24(5,6)25(7,8)33-27/h9-16H,1-8H3. The van der Waals surface area contributed by atoms with E-state index >= 15 is 0 Å². The highest BCUT2D eigenvalue weighted by molar-refractivity contribution is 6.65. The van der Waals surface area contributed by atoms with Crippen LogP contribution in [0.15, 0.2) is 48.7 Å². The van der Waals surface area contributed by atoms with Crippen LogP contribution in [0.1, 0.15) is 55.4 Å². The fraction of sp³-hybridized carbons (Fsp3) is 0.480. The van der Waals surface area contributed by atoms with Gasteiger partial charge in [-0.2, -0.15) is 5.10 Å². The first-order valence-corrected chi connectivity index (χ1v) is 11.6. The van der Waals surface area contributed by atoms with Crippen molar-refractivity contribution in [2.75, 3.05) is 0 Å². The molecule has 2 aliphatic rings. The molecule has 5 rings (SSSR count). The summed E-state index contributed by atoms with van der Waals surface area (Å²) in [6, 6.07) is 14.2. The van der Waals surface area contributed by atoms with E-state index in [1.165, 1.54) is 0 Å². The van der Waals surface area contributed by atoms with Crippen LogP contribution in [0.3, 0.4) is 0 Å². The lowest BCUT2D eigenvalue weighted by Gasteiger charge is -2.32. The highest BCUT2D eigenvalue weighted by Crippen LogP contribution is 2.38. The summed E-state index contributed by atoms with van der Waals surface area (Å²) >= 11 is 0. The van der Waals surface area contributed by atoms with Crippen LogP contribution in [0.4, 0.5) is 0 Å². The molecule has 3 aromatic rings. The van der Waals surface area contributed by atoms with Gasteiger partial charge in [0, 0.05) is 11.6 Å². The van der Waals surface area contributed by atoms with Crippen molar-refractivity contribution in [3.8, 4) is 5.69 Å². The quantitative estimate of drug-likeness (QED) is 0.576. The Morgan fingerprint density at radius 2 is 1.18 bits per heavy atom. The maximum atomic E-state index is 6.29. The summed E-state index contributed by atoms with van der Waals surface area (Å²) in [6.45, 7) is 16.5. The molecular weight excluding hydrogens is 414 g/mol. The minimum atomic E-state index is -0.429. The normalized spacial score (nSPS) is 22.9. The summed E-state index contributed by atoms with van der Waals surface area (Å²) in [5.74, 6) is 0. The van der Waals surface area contributed by atoms with Gasteiger partial charge >= 0.3 is 14.2 Å². The number of hydrogen-bond acceptors (Lipinski definition) is 5. The maximum absolute atomic E-state index is 6.29. The van der Waals surface area contributed by atoms with Gasteiger partial charge < -0.3 is 18.6 Å². The summed E-state index contributed by atoms with van der Waals surface area (Å²) < 4.78 is 26.8. The lowest BCUT2D eigenvalue weighted by Crippen LogP contribution is -2.41. The lowest BCUT2D eigenvalue weighted by molar-refractivity contribution is 0.00578. The second-order valence-electron chi connectivity index (χ2n) is 11.1. The van der Waals surface area contributed by atoms with Crippen LogP contribution in [-0.2, 0) is 18.6 Å². The molecule has 0 amide bonds. The lowest BCUT2D eigenvalue weighted by atomic mass is 9.77. The van der Waals surface area contributed by atoms with E-state index in [1.807, 2.05) is 47.3 Å². The minimum absolute atomic E-state index is 0.361. The predicted molar refractivity (Wildman–Crippen MR) is 133 cm³/mol. The molecule has 33 heavy (non-hydrogen) atoms. The summed E-state index contributed by atoms with van der Waals surface area (Å²) in [7, 11) is -0.808. The molecule has 2 aromatic carbocycles. The minimum Gasteiger partial charge on any atom is -0.399 e. The van der Waals surface area contributed by atoms with Gasteiger partial charge in [-0.1, -0.05) is 24.3 Å². The molecule has 3 heterocycles. The molecule has 2 saturated heterocycles. The molecule has 1 aromatic heterocycles. The van der Waals surface area contributed by atoms with Gasteiger partial charge in [0.1, 0.15) is 0 Å². The van der Waals surface area contributed by atoms with Crippen molar-refractivity contribution >= 4 is 36.1 Å². The molecule has 8 heteroatoms. The van der Waals surface area contributed by atoms with Crippen molar-refractivity contribution in [2.24, 2.45) is 0 Å². The van der Waals surface area contributed by atoms with Gasteiger partial charge in [-0.3, -0.25) is 0 Å². The van der Waals surface area contributed by atoms with Crippen LogP contribution in [0.25, 0.3) is 16.6 Å². The van der Waals surface area contributed by atoms with Gasteiger partial charge in [-0.15, -0.1) is 0 Å². The number of aromatic nitrogens is 2. The number of nitrogens with zero attached hydrogens (tertiary/aromatic N) is 2. The van der Waals surface area contributed by atoms with Crippen LogP contribution in [0.5, 0.6) is 0 Å². The molecule has 0 N–H and O–H groups in total. The Hall–Kier alpha value is -2.12. The van der Waals surface area contributed by atoms with Crippen LogP contribution >= 0.6 is 0 Å². The zero-order valence-electron chi connectivity index (χ0n) is 20.8. The molecule has 0 aliphatic carbocycles. The third-order valence-corrected chi connectivity index (χ3v) is 7.77. The SMILES string of the molecule is CC1(C)OB(c2ccc(-n3cc4c(B5OC(C)(C)C(C)(C)O5)cccc4n3)cc2)OC1(C)C. The van der Waals surface area contributed by atoms with E-state index < -0.39 is 7.12 Å². The first-order chi connectivity index (χ1) is 15.3.